The molecule has 150 valence electrons. The number of rotatable bonds is 4. The van der Waals surface area contributed by atoms with Crippen molar-refractivity contribution in [2.75, 3.05) is 4.90 Å². The number of hydrogen-bond donors (Lipinski definition) is 1. The van der Waals surface area contributed by atoms with E-state index in [9.17, 15) is 9.59 Å². The summed E-state index contributed by atoms with van der Waals surface area (Å²) in [5.41, 5.74) is 1.86. The predicted octanol–water partition coefficient (Wildman–Crippen LogP) is 5.03. The minimum atomic E-state index is -0.547. The number of nitrogens with zero attached hydrogens (tertiary/aromatic N) is 1. The molecule has 0 spiro atoms. The highest BCUT2D eigenvalue weighted by Crippen LogP contribution is 2.31. The van der Waals surface area contributed by atoms with Crippen LogP contribution in [-0.2, 0) is 9.59 Å². The Morgan fingerprint density at radius 2 is 1.97 bits per heavy atom. The molecule has 1 saturated heterocycles. The zero-order valence-electron chi connectivity index (χ0n) is 16.0. The Morgan fingerprint density at radius 3 is 2.62 bits per heavy atom. The van der Waals surface area contributed by atoms with Crippen LogP contribution in [0.15, 0.2) is 46.4 Å². The van der Waals surface area contributed by atoms with Gasteiger partial charge >= 0.3 is 0 Å². The minimum Gasteiger partial charge on any atom is -0.490 e. The van der Waals surface area contributed by atoms with Crippen molar-refractivity contribution in [3.8, 4) is 5.75 Å². The maximum atomic E-state index is 13.1. The molecule has 1 fully saturated rings. The van der Waals surface area contributed by atoms with Gasteiger partial charge in [0.25, 0.3) is 11.8 Å². The van der Waals surface area contributed by atoms with E-state index in [4.69, 9.17) is 28.6 Å². The molecule has 2 aromatic rings. The summed E-state index contributed by atoms with van der Waals surface area (Å²) in [5.74, 6) is -0.378. The summed E-state index contributed by atoms with van der Waals surface area (Å²) in [7, 11) is 0. The van der Waals surface area contributed by atoms with Crippen LogP contribution in [0.4, 0.5) is 5.69 Å². The number of hydrogen-bond acceptors (Lipinski definition) is 4. The van der Waals surface area contributed by atoms with Crippen LogP contribution in [0.1, 0.15) is 25.0 Å². The fourth-order valence-corrected chi connectivity index (χ4v) is 3.77. The topological polar surface area (TPSA) is 58.6 Å². The number of anilines is 1. The van der Waals surface area contributed by atoms with Gasteiger partial charge in [-0.05, 0) is 90.4 Å². The molecule has 0 unspecified atom stereocenters. The summed E-state index contributed by atoms with van der Waals surface area (Å²) >= 11 is 14.9. The van der Waals surface area contributed by atoms with Crippen molar-refractivity contribution < 1.29 is 14.3 Å². The average molecular weight is 494 g/mol. The lowest BCUT2D eigenvalue weighted by molar-refractivity contribution is -0.122. The Kier molecular flexibility index (Phi) is 6.41. The van der Waals surface area contributed by atoms with Gasteiger partial charge in [-0.2, -0.15) is 0 Å². The van der Waals surface area contributed by atoms with Gasteiger partial charge in [0.2, 0.25) is 0 Å². The van der Waals surface area contributed by atoms with E-state index in [1.807, 2.05) is 13.8 Å². The summed E-state index contributed by atoms with van der Waals surface area (Å²) in [4.78, 5) is 26.9. The van der Waals surface area contributed by atoms with Gasteiger partial charge in [0, 0.05) is 5.02 Å². The first-order valence-corrected chi connectivity index (χ1v) is 10.4. The third kappa shape index (κ3) is 4.52. The molecule has 5 nitrogen and oxygen atoms in total. The number of carbonyl (C=O) groups excluding carboxylic acids is 2. The molecule has 0 saturated carbocycles. The predicted molar refractivity (Wildman–Crippen MR) is 122 cm³/mol. The van der Waals surface area contributed by atoms with Crippen molar-refractivity contribution in [2.45, 2.75) is 26.9 Å². The van der Waals surface area contributed by atoms with E-state index in [0.717, 1.165) is 4.47 Å². The van der Waals surface area contributed by atoms with Crippen LogP contribution in [0.3, 0.4) is 0 Å². The second kappa shape index (κ2) is 8.65. The number of thiocarbonyl (C=S) groups is 1. The zero-order valence-corrected chi connectivity index (χ0v) is 19.1. The summed E-state index contributed by atoms with van der Waals surface area (Å²) < 4.78 is 6.42. The van der Waals surface area contributed by atoms with E-state index >= 15 is 0 Å². The highest BCUT2D eigenvalue weighted by molar-refractivity contribution is 9.10. The van der Waals surface area contributed by atoms with Gasteiger partial charge in [0.05, 0.1) is 16.3 Å². The maximum Gasteiger partial charge on any atom is 0.270 e. The molecule has 3 rings (SSSR count). The minimum absolute atomic E-state index is 0.0179. The van der Waals surface area contributed by atoms with Crippen LogP contribution in [0, 0.1) is 6.92 Å². The quantitative estimate of drug-likeness (QED) is 0.369. The van der Waals surface area contributed by atoms with E-state index in [-0.39, 0.29) is 16.8 Å². The highest BCUT2D eigenvalue weighted by atomic mass is 79.9. The van der Waals surface area contributed by atoms with Crippen molar-refractivity contribution in [3.05, 3.63) is 62.6 Å². The fourth-order valence-electron chi connectivity index (χ4n) is 2.84. The summed E-state index contributed by atoms with van der Waals surface area (Å²) in [6.45, 7) is 5.66. The molecule has 0 atom stereocenters. The molecule has 0 radical (unpaired) electrons. The third-order valence-corrected chi connectivity index (χ3v) is 5.53. The van der Waals surface area contributed by atoms with Gasteiger partial charge in [-0.1, -0.05) is 23.7 Å². The number of ether oxygens (including phenoxy) is 1. The Balaban J connectivity index is 2.00. The lowest BCUT2D eigenvalue weighted by atomic mass is 10.1. The van der Waals surface area contributed by atoms with E-state index < -0.39 is 11.8 Å². The molecule has 1 aliphatic rings. The van der Waals surface area contributed by atoms with Gasteiger partial charge < -0.3 is 4.74 Å². The first kappa shape index (κ1) is 21.5. The van der Waals surface area contributed by atoms with Crippen molar-refractivity contribution in [1.29, 1.82) is 0 Å². The molecular formula is C21H18BrClN2O3S. The van der Waals surface area contributed by atoms with Crippen molar-refractivity contribution in [3.63, 3.8) is 0 Å². The molecule has 1 heterocycles. The summed E-state index contributed by atoms with van der Waals surface area (Å²) in [6, 6.07) is 10.5. The molecule has 2 aromatic carbocycles. The first-order chi connectivity index (χ1) is 13.7. The summed E-state index contributed by atoms with van der Waals surface area (Å²) in [5, 5.41) is 3.10. The number of nitrogens with one attached hydrogen (secondary N) is 1. The summed E-state index contributed by atoms with van der Waals surface area (Å²) in [6.07, 6.45) is 1.55. The molecule has 1 N–H and O–H groups in total. The van der Waals surface area contributed by atoms with E-state index in [2.05, 4.69) is 21.2 Å². The largest absolute Gasteiger partial charge is 0.490 e. The van der Waals surface area contributed by atoms with Crippen LogP contribution in [0.5, 0.6) is 5.75 Å². The van der Waals surface area contributed by atoms with Crippen LogP contribution < -0.4 is 15.0 Å². The van der Waals surface area contributed by atoms with Crippen LogP contribution in [0.2, 0.25) is 5.02 Å². The molecule has 0 aromatic heterocycles. The van der Waals surface area contributed by atoms with E-state index in [0.29, 0.717) is 27.6 Å². The SMILES string of the molecule is Cc1c(Cl)cccc1N1C(=O)/C(=C/c2ccc(OC(C)C)c(Br)c2)C(=O)NC1=S. The lowest BCUT2D eigenvalue weighted by Gasteiger charge is -2.30. The second-order valence-corrected chi connectivity index (χ2v) is 8.35. The lowest BCUT2D eigenvalue weighted by Crippen LogP contribution is -2.54. The van der Waals surface area contributed by atoms with Gasteiger partial charge in [-0.25, -0.2) is 0 Å². The fraction of sp³-hybridized carbons (Fsp3) is 0.190. The first-order valence-electron chi connectivity index (χ1n) is 8.82. The number of carbonyl (C=O) groups is 2. The second-order valence-electron chi connectivity index (χ2n) is 6.70. The van der Waals surface area contributed by atoms with Crippen molar-refractivity contribution >= 4 is 68.4 Å². The highest BCUT2D eigenvalue weighted by Gasteiger charge is 2.35. The zero-order chi connectivity index (χ0) is 21.3. The van der Waals surface area contributed by atoms with Crippen LogP contribution >= 0.6 is 39.7 Å². The molecule has 1 aliphatic heterocycles. The van der Waals surface area contributed by atoms with Gasteiger partial charge in [-0.3, -0.25) is 19.8 Å². The average Bonchev–Trinajstić information content (AvgIpc) is 2.64. The number of benzene rings is 2. The smallest absolute Gasteiger partial charge is 0.270 e. The van der Waals surface area contributed by atoms with E-state index in [1.165, 1.54) is 11.0 Å². The Bertz CT molecular complexity index is 1050. The Labute approximate surface area is 187 Å². The van der Waals surface area contributed by atoms with Crippen LogP contribution in [0.25, 0.3) is 6.08 Å². The normalized spacial score (nSPS) is 15.9. The molecule has 8 heteroatoms. The van der Waals surface area contributed by atoms with E-state index in [1.54, 1.807) is 43.3 Å². The number of amides is 2. The number of halogens is 2. The molecule has 29 heavy (non-hydrogen) atoms. The third-order valence-electron chi connectivity index (χ3n) is 4.21. The maximum absolute atomic E-state index is 13.1. The van der Waals surface area contributed by atoms with Gasteiger partial charge in [0.1, 0.15) is 11.3 Å². The van der Waals surface area contributed by atoms with Crippen LogP contribution in [-0.4, -0.2) is 23.0 Å². The van der Waals surface area contributed by atoms with Gasteiger partial charge in [0.15, 0.2) is 5.11 Å². The molecule has 0 bridgehead atoms. The Hall–Kier alpha value is -2.22. The Morgan fingerprint density at radius 1 is 1.24 bits per heavy atom. The molecule has 0 aliphatic carbocycles. The van der Waals surface area contributed by atoms with Crippen molar-refractivity contribution in [1.82, 2.24) is 5.32 Å². The standard InChI is InChI=1S/C21H18BrClN2O3S/c1-11(2)28-18-8-7-13(10-15(18)22)9-14-19(26)24-21(29)25(20(14)27)17-6-4-5-16(23)12(17)3/h4-11H,1-3H3,(H,24,26,29)/b14-9+. The van der Waals surface area contributed by atoms with Gasteiger partial charge in [-0.15, -0.1) is 0 Å². The monoisotopic (exact) mass is 492 g/mol. The van der Waals surface area contributed by atoms with Crippen molar-refractivity contribution in [2.24, 2.45) is 0 Å². The molecular weight excluding hydrogens is 476 g/mol. The molecule has 2 amide bonds.